The van der Waals surface area contributed by atoms with Crippen molar-refractivity contribution in [3.63, 3.8) is 0 Å². The highest BCUT2D eigenvalue weighted by molar-refractivity contribution is 5.93. The highest BCUT2D eigenvalue weighted by atomic mass is 16.5. The van der Waals surface area contributed by atoms with Gasteiger partial charge in [0.15, 0.2) is 5.96 Å². The number of nitrogens with zero attached hydrogens (tertiary/aromatic N) is 1. The summed E-state index contributed by atoms with van der Waals surface area (Å²) in [5, 5.41) is 9.82. The van der Waals surface area contributed by atoms with Crippen molar-refractivity contribution in [2.24, 2.45) is 5.73 Å². The third-order valence-corrected chi connectivity index (χ3v) is 4.17. The minimum atomic E-state index is -0.491. The first-order valence-corrected chi connectivity index (χ1v) is 9.11. The quantitative estimate of drug-likeness (QED) is 0.295. The van der Waals surface area contributed by atoms with Crippen molar-refractivity contribution in [3.05, 3.63) is 59.7 Å². The number of likely N-dealkylation sites (N-methyl/N-ethyl adjacent to an activating group) is 1. The molecule has 148 valence electrons. The Labute approximate surface area is 165 Å². The molecule has 28 heavy (non-hydrogen) atoms. The summed E-state index contributed by atoms with van der Waals surface area (Å²) in [5.41, 5.74) is 7.12. The van der Waals surface area contributed by atoms with Crippen molar-refractivity contribution in [2.75, 3.05) is 11.9 Å². The predicted molar refractivity (Wildman–Crippen MR) is 110 cm³/mol. The normalized spacial score (nSPS) is 10.4. The molecule has 7 heteroatoms. The van der Waals surface area contributed by atoms with E-state index in [1.165, 1.54) is 0 Å². The zero-order valence-corrected chi connectivity index (χ0v) is 16.4. The van der Waals surface area contributed by atoms with E-state index < -0.39 is 5.97 Å². The molecule has 4 N–H and O–H groups in total. The van der Waals surface area contributed by atoms with E-state index in [1.54, 1.807) is 48.5 Å². The summed E-state index contributed by atoms with van der Waals surface area (Å²) in [6.07, 6.45) is 0.310. The van der Waals surface area contributed by atoms with Crippen LogP contribution in [0.3, 0.4) is 0 Å². The highest BCUT2D eigenvalue weighted by Gasteiger charge is 2.15. The number of rotatable bonds is 7. The van der Waals surface area contributed by atoms with Crippen LogP contribution >= 0.6 is 0 Å². The van der Waals surface area contributed by atoms with Crippen LogP contribution in [-0.2, 0) is 11.2 Å². The number of hydrogen-bond donors (Lipinski definition) is 3. The van der Waals surface area contributed by atoms with E-state index in [2.05, 4.69) is 5.32 Å². The summed E-state index contributed by atoms with van der Waals surface area (Å²) in [6.45, 7) is 6.62. The molecule has 7 nitrogen and oxygen atoms in total. The Balaban J connectivity index is 1.97. The minimum Gasteiger partial charge on any atom is -0.423 e. The maximum absolute atomic E-state index is 12.3. The summed E-state index contributed by atoms with van der Waals surface area (Å²) in [5.74, 6) is -0.190. The monoisotopic (exact) mass is 382 g/mol. The molecule has 0 saturated heterocycles. The van der Waals surface area contributed by atoms with E-state index in [-0.39, 0.29) is 17.9 Å². The molecule has 0 saturated carbocycles. The Morgan fingerprint density at radius 3 is 2.21 bits per heavy atom. The number of benzene rings is 2. The number of carbonyl (C=O) groups excluding carboxylic acids is 2. The molecule has 2 aromatic carbocycles. The molecule has 0 fully saturated rings. The topological polar surface area (TPSA) is 109 Å². The first-order chi connectivity index (χ1) is 13.3. The van der Waals surface area contributed by atoms with Gasteiger partial charge in [-0.2, -0.15) is 0 Å². The lowest BCUT2D eigenvalue weighted by molar-refractivity contribution is -0.131. The van der Waals surface area contributed by atoms with Crippen molar-refractivity contribution < 1.29 is 14.3 Å². The molecular weight excluding hydrogens is 356 g/mol. The van der Waals surface area contributed by atoms with Crippen LogP contribution in [0.4, 0.5) is 5.69 Å². The maximum Gasteiger partial charge on any atom is 0.343 e. The molecule has 1 amide bonds. The van der Waals surface area contributed by atoms with Crippen LogP contribution in [0.15, 0.2) is 48.5 Å². The molecule has 0 spiro atoms. The van der Waals surface area contributed by atoms with Gasteiger partial charge in [-0.1, -0.05) is 12.1 Å². The summed E-state index contributed by atoms with van der Waals surface area (Å²) < 4.78 is 5.37. The molecule has 2 aromatic rings. The van der Waals surface area contributed by atoms with E-state index in [9.17, 15) is 9.59 Å². The number of amides is 1. The molecule has 0 aliphatic rings. The molecule has 0 radical (unpaired) electrons. The lowest BCUT2D eigenvalue weighted by Crippen LogP contribution is -2.37. The third kappa shape index (κ3) is 5.84. The third-order valence-electron chi connectivity index (χ3n) is 4.17. The van der Waals surface area contributed by atoms with E-state index in [4.69, 9.17) is 15.9 Å². The second-order valence-corrected chi connectivity index (χ2v) is 6.60. The van der Waals surface area contributed by atoms with Crippen LogP contribution in [-0.4, -0.2) is 35.3 Å². The number of nitrogens with one attached hydrogen (secondary N) is 2. The van der Waals surface area contributed by atoms with Gasteiger partial charge in [0.2, 0.25) is 5.91 Å². The minimum absolute atomic E-state index is 0.0708. The maximum atomic E-state index is 12.3. The second-order valence-electron chi connectivity index (χ2n) is 6.60. The van der Waals surface area contributed by atoms with Gasteiger partial charge < -0.3 is 20.7 Å². The standard InChI is InChI=1S/C21H26N4O3/c1-4-25(14(2)3)19(26)13-15-5-11-18(12-6-15)28-20(27)16-7-9-17(10-8-16)24-21(22)23/h5-12,14H,4,13H2,1-3H3,(H4,22,23,24). The SMILES string of the molecule is CCN(C(=O)Cc1ccc(OC(=O)c2ccc(NC(=N)N)cc2)cc1)C(C)C. The van der Waals surface area contributed by atoms with Gasteiger partial charge in [0.1, 0.15) is 5.75 Å². The molecule has 2 rings (SSSR count). The number of guanidine groups is 1. The number of nitrogens with two attached hydrogens (primary N) is 1. The van der Waals surface area contributed by atoms with Crippen LogP contribution in [0.1, 0.15) is 36.7 Å². The van der Waals surface area contributed by atoms with Gasteiger partial charge in [-0.05, 0) is 62.7 Å². The first kappa shape index (κ1) is 21.0. The van der Waals surface area contributed by atoms with Gasteiger partial charge in [0.05, 0.1) is 12.0 Å². The molecule has 0 heterocycles. The van der Waals surface area contributed by atoms with E-state index in [0.29, 0.717) is 30.0 Å². The number of hydrogen-bond acceptors (Lipinski definition) is 4. The molecule has 0 aliphatic heterocycles. The van der Waals surface area contributed by atoms with Crippen LogP contribution in [0, 0.1) is 5.41 Å². The van der Waals surface area contributed by atoms with E-state index in [1.807, 2.05) is 25.7 Å². The molecule has 0 aromatic heterocycles. The fraction of sp³-hybridized carbons (Fsp3) is 0.286. The Bertz CT molecular complexity index is 830. The van der Waals surface area contributed by atoms with Crippen molar-refractivity contribution in [2.45, 2.75) is 33.2 Å². The van der Waals surface area contributed by atoms with Crippen molar-refractivity contribution in [3.8, 4) is 5.75 Å². The molecule has 0 aliphatic carbocycles. The lowest BCUT2D eigenvalue weighted by atomic mass is 10.1. The van der Waals surface area contributed by atoms with Gasteiger partial charge in [-0.25, -0.2) is 4.79 Å². The van der Waals surface area contributed by atoms with E-state index in [0.717, 1.165) is 5.56 Å². The summed E-state index contributed by atoms with van der Waals surface area (Å²) in [7, 11) is 0. The Morgan fingerprint density at radius 2 is 1.71 bits per heavy atom. The predicted octanol–water partition coefficient (Wildman–Crippen LogP) is 3.01. The average molecular weight is 382 g/mol. The van der Waals surface area contributed by atoms with Crippen LogP contribution in [0.25, 0.3) is 0 Å². The lowest BCUT2D eigenvalue weighted by Gasteiger charge is -2.25. The summed E-state index contributed by atoms with van der Waals surface area (Å²) in [6, 6.07) is 13.5. The Kier molecular flexibility index (Phi) is 7.14. The fourth-order valence-corrected chi connectivity index (χ4v) is 2.79. The largest absolute Gasteiger partial charge is 0.423 e. The number of anilines is 1. The smallest absolute Gasteiger partial charge is 0.343 e. The zero-order valence-electron chi connectivity index (χ0n) is 16.4. The van der Waals surface area contributed by atoms with Gasteiger partial charge >= 0.3 is 5.97 Å². The van der Waals surface area contributed by atoms with Gasteiger partial charge in [0, 0.05) is 18.3 Å². The number of carbonyl (C=O) groups is 2. The fourth-order valence-electron chi connectivity index (χ4n) is 2.79. The van der Waals surface area contributed by atoms with Gasteiger partial charge in [-0.3, -0.25) is 10.2 Å². The second kappa shape index (κ2) is 9.55. The van der Waals surface area contributed by atoms with Crippen molar-refractivity contribution in [1.29, 1.82) is 5.41 Å². The number of ether oxygens (including phenoxy) is 1. The molecule has 0 unspecified atom stereocenters. The molecular formula is C21H26N4O3. The number of esters is 1. The van der Waals surface area contributed by atoms with Crippen LogP contribution in [0.5, 0.6) is 5.75 Å². The molecule has 0 bridgehead atoms. The van der Waals surface area contributed by atoms with Gasteiger partial charge in [0.25, 0.3) is 0 Å². The Morgan fingerprint density at radius 1 is 1.11 bits per heavy atom. The average Bonchev–Trinajstić information content (AvgIpc) is 2.63. The van der Waals surface area contributed by atoms with Crippen molar-refractivity contribution >= 4 is 23.5 Å². The van der Waals surface area contributed by atoms with Crippen LogP contribution in [0.2, 0.25) is 0 Å². The molecule has 0 atom stereocenters. The summed E-state index contributed by atoms with van der Waals surface area (Å²) in [4.78, 5) is 26.4. The van der Waals surface area contributed by atoms with Crippen LogP contribution < -0.4 is 15.8 Å². The van der Waals surface area contributed by atoms with Crippen molar-refractivity contribution in [1.82, 2.24) is 4.90 Å². The van der Waals surface area contributed by atoms with E-state index >= 15 is 0 Å². The Hall–Kier alpha value is -3.35. The summed E-state index contributed by atoms with van der Waals surface area (Å²) >= 11 is 0. The first-order valence-electron chi connectivity index (χ1n) is 9.11. The van der Waals surface area contributed by atoms with Gasteiger partial charge in [-0.15, -0.1) is 0 Å². The zero-order chi connectivity index (χ0) is 20.7. The highest BCUT2D eigenvalue weighted by Crippen LogP contribution is 2.17.